The van der Waals surface area contributed by atoms with Gasteiger partial charge in [0.1, 0.15) is 5.75 Å². The molecule has 30 heavy (non-hydrogen) atoms. The van der Waals surface area contributed by atoms with Crippen LogP contribution in [0.5, 0.6) is 5.75 Å². The standard InChI is InChI=1S/C21H25NO7S/c1-4-5-14-28-20(23)15-29-21(24)16-10-12-17(13-11-16)30(25,26)22(2)18-8-6-7-9-19(18)27-3/h6-13H,4-5,14-15H2,1-3H3. The molecular weight excluding hydrogens is 410 g/mol. The maximum Gasteiger partial charge on any atom is 0.344 e. The van der Waals surface area contributed by atoms with Gasteiger partial charge in [-0.05, 0) is 42.8 Å². The lowest BCUT2D eigenvalue weighted by Crippen LogP contribution is -2.27. The minimum Gasteiger partial charge on any atom is -0.495 e. The van der Waals surface area contributed by atoms with Crippen molar-refractivity contribution in [3.05, 3.63) is 54.1 Å². The summed E-state index contributed by atoms with van der Waals surface area (Å²) in [5, 5.41) is 0. The summed E-state index contributed by atoms with van der Waals surface area (Å²) in [4.78, 5) is 23.6. The first kappa shape index (κ1) is 23.2. The lowest BCUT2D eigenvalue weighted by molar-refractivity contribution is -0.147. The van der Waals surface area contributed by atoms with Gasteiger partial charge >= 0.3 is 11.9 Å². The summed E-state index contributed by atoms with van der Waals surface area (Å²) < 4.78 is 42.0. The highest BCUT2D eigenvalue weighted by Gasteiger charge is 2.24. The molecule has 0 atom stereocenters. The minimum absolute atomic E-state index is 0.00793. The second-order valence-electron chi connectivity index (χ2n) is 6.32. The van der Waals surface area contributed by atoms with Crippen molar-refractivity contribution in [2.45, 2.75) is 24.7 Å². The number of ether oxygens (including phenoxy) is 3. The average Bonchev–Trinajstić information content (AvgIpc) is 2.77. The van der Waals surface area contributed by atoms with Gasteiger partial charge in [0.2, 0.25) is 0 Å². The highest BCUT2D eigenvalue weighted by atomic mass is 32.2. The molecule has 9 heteroatoms. The van der Waals surface area contributed by atoms with Crippen molar-refractivity contribution in [1.82, 2.24) is 0 Å². The molecule has 0 N–H and O–H groups in total. The molecule has 0 aliphatic carbocycles. The van der Waals surface area contributed by atoms with Crippen molar-refractivity contribution in [3.8, 4) is 5.75 Å². The Kier molecular flexibility index (Phi) is 8.23. The Hall–Kier alpha value is -3.07. The number of sulfonamides is 1. The van der Waals surface area contributed by atoms with E-state index in [1.165, 1.54) is 38.4 Å². The van der Waals surface area contributed by atoms with Crippen LogP contribution in [0.2, 0.25) is 0 Å². The summed E-state index contributed by atoms with van der Waals surface area (Å²) in [6.45, 7) is 1.74. The Morgan fingerprint density at radius 1 is 1.00 bits per heavy atom. The maximum absolute atomic E-state index is 12.9. The van der Waals surface area contributed by atoms with Crippen LogP contribution in [-0.2, 0) is 24.3 Å². The zero-order valence-electron chi connectivity index (χ0n) is 17.2. The van der Waals surface area contributed by atoms with E-state index in [9.17, 15) is 18.0 Å². The second kappa shape index (κ2) is 10.6. The number of hydrogen-bond donors (Lipinski definition) is 0. The van der Waals surface area contributed by atoms with E-state index in [1.54, 1.807) is 24.3 Å². The van der Waals surface area contributed by atoms with E-state index >= 15 is 0 Å². The molecule has 162 valence electrons. The molecule has 0 aromatic heterocycles. The minimum atomic E-state index is -3.88. The van der Waals surface area contributed by atoms with Crippen LogP contribution in [-0.4, -0.2) is 47.7 Å². The van der Waals surface area contributed by atoms with Gasteiger partial charge in [-0.3, -0.25) is 4.31 Å². The topological polar surface area (TPSA) is 99.2 Å². The molecule has 0 bridgehead atoms. The first-order valence-electron chi connectivity index (χ1n) is 9.36. The van der Waals surface area contributed by atoms with Gasteiger partial charge in [0.05, 0.1) is 29.9 Å². The molecule has 2 aromatic rings. The normalized spacial score (nSPS) is 10.9. The van der Waals surface area contributed by atoms with E-state index in [4.69, 9.17) is 14.2 Å². The van der Waals surface area contributed by atoms with Crippen molar-refractivity contribution in [2.75, 3.05) is 31.7 Å². The van der Waals surface area contributed by atoms with Crippen molar-refractivity contribution in [2.24, 2.45) is 0 Å². The molecule has 0 unspecified atom stereocenters. The molecule has 0 radical (unpaired) electrons. The fourth-order valence-corrected chi connectivity index (χ4v) is 3.73. The smallest absolute Gasteiger partial charge is 0.344 e. The van der Waals surface area contributed by atoms with Crippen LogP contribution in [0.25, 0.3) is 0 Å². The SMILES string of the molecule is CCCCOC(=O)COC(=O)c1ccc(S(=O)(=O)N(C)c2ccccc2OC)cc1. The molecule has 8 nitrogen and oxygen atoms in total. The number of rotatable bonds is 10. The zero-order chi connectivity index (χ0) is 22.1. The molecule has 2 rings (SSSR count). The summed E-state index contributed by atoms with van der Waals surface area (Å²) in [7, 11) is -1.00. The highest BCUT2D eigenvalue weighted by Crippen LogP contribution is 2.30. The summed E-state index contributed by atoms with van der Waals surface area (Å²) in [5.74, 6) is -0.964. The molecule has 0 saturated carbocycles. The number of anilines is 1. The first-order valence-corrected chi connectivity index (χ1v) is 10.8. The Balaban J connectivity index is 2.07. The number of carbonyl (C=O) groups excluding carboxylic acids is 2. The Bertz CT molecular complexity index is 971. The molecule has 0 saturated heterocycles. The summed E-state index contributed by atoms with van der Waals surface area (Å²) in [6, 6.07) is 12.0. The quantitative estimate of drug-likeness (QED) is 0.418. The Morgan fingerprint density at radius 2 is 1.67 bits per heavy atom. The van der Waals surface area contributed by atoms with Gasteiger partial charge in [0.25, 0.3) is 10.0 Å². The third-order valence-electron chi connectivity index (χ3n) is 4.25. The number of carbonyl (C=O) groups is 2. The number of unbranched alkanes of at least 4 members (excludes halogenated alkanes) is 1. The number of benzene rings is 2. The molecule has 0 aliphatic rings. The van der Waals surface area contributed by atoms with Gasteiger partial charge < -0.3 is 14.2 Å². The maximum atomic E-state index is 12.9. The molecule has 0 fully saturated rings. The van der Waals surface area contributed by atoms with Crippen LogP contribution in [0.15, 0.2) is 53.4 Å². The van der Waals surface area contributed by atoms with E-state index in [-0.39, 0.29) is 17.1 Å². The lowest BCUT2D eigenvalue weighted by Gasteiger charge is -2.21. The van der Waals surface area contributed by atoms with Crippen molar-refractivity contribution in [1.29, 1.82) is 0 Å². The highest BCUT2D eigenvalue weighted by molar-refractivity contribution is 7.92. The van der Waals surface area contributed by atoms with Gasteiger partial charge in [-0.1, -0.05) is 25.5 Å². The van der Waals surface area contributed by atoms with Crippen LogP contribution < -0.4 is 9.04 Å². The average molecular weight is 435 g/mol. The van der Waals surface area contributed by atoms with Crippen molar-refractivity contribution in [3.63, 3.8) is 0 Å². The lowest BCUT2D eigenvalue weighted by atomic mass is 10.2. The van der Waals surface area contributed by atoms with E-state index in [1.807, 2.05) is 6.92 Å². The summed E-state index contributed by atoms with van der Waals surface area (Å²) >= 11 is 0. The van der Waals surface area contributed by atoms with Gasteiger partial charge in [0, 0.05) is 7.05 Å². The number of para-hydroxylation sites is 2. The number of esters is 2. The van der Waals surface area contributed by atoms with Crippen LogP contribution >= 0.6 is 0 Å². The molecule has 0 amide bonds. The zero-order valence-corrected chi connectivity index (χ0v) is 18.0. The Morgan fingerprint density at radius 3 is 2.30 bits per heavy atom. The summed E-state index contributed by atoms with van der Waals surface area (Å²) in [5.41, 5.74) is 0.500. The van der Waals surface area contributed by atoms with Crippen molar-refractivity contribution < 1.29 is 32.2 Å². The van der Waals surface area contributed by atoms with Gasteiger partial charge in [-0.2, -0.15) is 0 Å². The predicted octanol–water partition coefficient (Wildman–Crippen LogP) is 3.02. The van der Waals surface area contributed by atoms with Gasteiger partial charge in [0.15, 0.2) is 6.61 Å². The largest absolute Gasteiger partial charge is 0.495 e. The number of methoxy groups -OCH3 is 1. The number of hydrogen-bond acceptors (Lipinski definition) is 7. The molecule has 0 spiro atoms. The van der Waals surface area contributed by atoms with E-state index in [0.29, 0.717) is 11.4 Å². The summed E-state index contributed by atoms with van der Waals surface area (Å²) in [6.07, 6.45) is 1.62. The van der Waals surface area contributed by atoms with Crippen molar-refractivity contribution >= 4 is 27.6 Å². The fraction of sp³-hybridized carbons (Fsp3) is 0.333. The monoisotopic (exact) mass is 435 g/mol. The third-order valence-corrected chi connectivity index (χ3v) is 6.04. The van der Waals surface area contributed by atoms with Gasteiger partial charge in [-0.15, -0.1) is 0 Å². The predicted molar refractivity (Wildman–Crippen MR) is 111 cm³/mol. The van der Waals surface area contributed by atoms with Crippen LogP contribution in [0, 0.1) is 0 Å². The van der Waals surface area contributed by atoms with Gasteiger partial charge in [-0.25, -0.2) is 18.0 Å². The molecule has 0 aliphatic heterocycles. The first-order chi connectivity index (χ1) is 14.3. The van der Waals surface area contributed by atoms with Crippen LogP contribution in [0.1, 0.15) is 30.1 Å². The fourth-order valence-electron chi connectivity index (χ4n) is 2.52. The van der Waals surface area contributed by atoms with Crippen LogP contribution in [0.3, 0.4) is 0 Å². The Labute approximate surface area is 176 Å². The van der Waals surface area contributed by atoms with E-state index in [0.717, 1.165) is 17.1 Å². The van der Waals surface area contributed by atoms with E-state index in [2.05, 4.69) is 0 Å². The van der Waals surface area contributed by atoms with Crippen LogP contribution in [0.4, 0.5) is 5.69 Å². The molecular formula is C21H25NO7S. The molecule has 0 heterocycles. The third kappa shape index (κ3) is 5.73. The number of nitrogens with zero attached hydrogens (tertiary/aromatic N) is 1. The second-order valence-corrected chi connectivity index (χ2v) is 8.29. The molecule has 2 aromatic carbocycles. The van der Waals surface area contributed by atoms with E-state index < -0.39 is 28.6 Å².